The average Bonchev–Trinajstić information content (AvgIpc) is 2.42. The molecule has 20 heavy (non-hydrogen) atoms. The molecular formula is C11H11N3O6. The lowest BCUT2D eigenvalue weighted by molar-refractivity contribution is -0.385. The van der Waals surface area contributed by atoms with Crippen molar-refractivity contribution in [3.8, 4) is 0 Å². The Morgan fingerprint density at radius 1 is 1.25 bits per heavy atom. The number of para-hydroxylation sites is 1. The zero-order chi connectivity index (χ0) is 15.1. The van der Waals surface area contributed by atoms with Crippen LogP contribution in [-0.2, 0) is 14.3 Å². The average molecular weight is 281 g/mol. The van der Waals surface area contributed by atoms with E-state index in [0.29, 0.717) is 0 Å². The molecule has 1 rings (SSSR count). The molecule has 0 aliphatic carbocycles. The maximum Gasteiger partial charge on any atom is 0.345 e. The molecule has 0 aliphatic heterocycles. The van der Waals surface area contributed by atoms with E-state index < -0.39 is 35.0 Å². The number of benzene rings is 1. The lowest BCUT2D eigenvalue weighted by Gasteiger charge is -2.06. The van der Waals surface area contributed by atoms with E-state index in [1.807, 2.05) is 10.9 Å². The van der Waals surface area contributed by atoms with Crippen LogP contribution in [0.1, 0.15) is 17.3 Å². The molecule has 2 amide bonds. The van der Waals surface area contributed by atoms with E-state index in [1.165, 1.54) is 25.1 Å². The van der Waals surface area contributed by atoms with E-state index in [9.17, 15) is 24.5 Å². The Hall–Kier alpha value is -2.97. The fourth-order valence-electron chi connectivity index (χ4n) is 1.21. The lowest BCUT2D eigenvalue weighted by atomic mass is 10.2. The number of nitro benzene ring substituents is 1. The topological polar surface area (TPSA) is 128 Å². The first kappa shape index (κ1) is 15.1. The second-order valence-corrected chi connectivity index (χ2v) is 3.58. The van der Waals surface area contributed by atoms with Gasteiger partial charge in [0, 0.05) is 13.0 Å². The molecule has 1 aromatic rings. The SMILES string of the molecule is CC(=O)NNC(=O)COC(=O)c1ccccc1[N+](=O)[O-]. The molecule has 0 atom stereocenters. The molecule has 0 bridgehead atoms. The summed E-state index contributed by atoms with van der Waals surface area (Å²) in [6.07, 6.45) is 0. The molecular weight excluding hydrogens is 270 g/mol. The number of nitrogens with zero attached hydrogens (tertiary/aromatic N) is 1. The second-order valence-electron chi connectivity index (χ2n) is 3.58. The molecule has 0 unspecified atom stereocenters. The molecule has 0 saturated heterocycles. The summed E-state index contributed by atoms with van der Waals surface area (Å²) in [5.74, 6) is -2.27. The summed E-state index contributed by atoms with van der Waals surface area (Å²) < 4.78 is 4.61. The van der Waals surface area contributed by atoms with Gasteiger partial charge in [-0.3, -0.25) is 30.6 Å². The van der Waals surface area contributed by atoms with Crippen LogP contribution >= 0.6 is 0 Å². The maximum atomic E-state index is 11.6. The van der Waals surface area contributed by atoms with Crippen LogP contribution in [0.15, 0.2) is 24.3 Å². The molecule has 0 radical (unpaired) electrons. The highest BCUT2D eigenvalue weighted by Crippen LogP contribution is 2.18. The van der Waals surface area contributed by atoms with E-state index in [0.717, 1.165) is 6.07 Å². The number of esters is 1. The van der Waals surface area contributed by atoms with Crippen LogP contribution in [0, 0.1) is 10.1 Å². The first-order chi connectivity index (χ1) is 9.41. The minimum atomic E-state index is -1.00. The van der Waals surface area contributed by atoms with Gasteiger partial charge >= 0.3 is 5.97 Å². The Morgan fingerprint density at radius 3 is 2.50 bits per heavy atom. The summed E-state index contributed by atoms with van der Waals surface area (Å²) in [6.45, 7) is 0.505. The van der Waals surface area contributed by atoms with Crippen molar-refractivity contribution in [1.29, 1.82) is 0 Å². The van der Waals surface area contributed by atoms with Crippen LogP contribution in [0.3, 0.4) is 0 Å². The number of nitrogens with one attached hydrogen (secondary N) is 2. The van der Waals surface area contributed by atoms with Crippen molar-refractivity contribution < 1.29 is 24.0 Å². The molecule has 2 N–H and O–H groups in total. The molecule has 9 heteroatoms. The minimum absolute atomic E-state index is 0.259. The number of nitro groups is 1. The quantitative estimate of drug-likeness (QED) is 0.451. The monoisotopic (exact) mass is 281 g/mol. The Morgan fingerprint density at radius 2 is 1.90 bits per heavy atom. The molecule has 0 heterocycles. The van der Waals surface area contributed by atoms with Gasteiger partial charge in [-0.25, -0.2) is 4.79 Å². The van der Waals surface area contributed by atoms with E-state index in [1.54, 1.807) is 0 Å². The van der Waals surface area contributed by atoms with Gasteiger partial charge < -0.3 is 4.74 Å². The number of hydrazine groups is 1. The third-order valence-electron chi connectivity index (χ3n) is 2.03. The first-order valence-electron chi connectivity index (χ1n) is 5.37. The number of ether oxygens (including phenoxy) is 1. The Kier molecular flexibility index (Phi) is 5.15. The van der Waals surface area contributed by atoms with Crippen molar-refractivity contribution in [3.63, 3.8) is 0 Å². The third kappa shape index (κ3) is 4.37. The van der Waals surface area contributed by atoms with Gasteiger partial charge in [0.05, 0.1) is 4.92 Å². The number of amides is 2. The molecule has 9 nitrogen and oxygen atoms in total. The van der Waals surface area contributed by atoms with Crippen molar-refractivity contribution in [2.75, 3.05) is 6.61 Å². The van der Waals surface area contributed by atoms with E-state index in [2.05, 4.69) is 4.74 Å². The minimum Gasteiger partial charge on any atom is -0.452 e. The van der Waals surface area contributed by atoms with Gasteiger partial charge in [0.1, 0.15) is 5.56 Å². The van der Waals surface area contributed by atoms with Gasteiger partial charge in [0.15, 0.2) is 6.61 Å². The van der Waals surface area contributed by atoms with Crippen molar-refractivity contribution >= 4 is 23.5 Å². The Bertz CT molecular complexity index is 557. The van der Waals surface area contributed by atoms with Gasteiger partial charge in [0.2, 0.25) is 5.91 Å². The summed E-state index contributed by atoms with van der Waals surface area (Å²) in [7, 11) is 0. The summed E-state index contributed by atoms with van der Waals surface area (Å²) in [5, 5.41) is 10.7. The van der Waals surface area contributed by atoms with Gasteiger partial charge in [-0.2, -0.15) is 0 Å². The van der Waals surface area contributed by atoms with Crippen LogP contribution < -0.4 is 10.9 Å². The van der Waals surface area contributed by atoms with Crippen LogP contribution in [0.2, 0.25) is 0 Å². The normalized spacial score (nSPS) is 9.45. The molecule has 0 spiro atoms. The predicted molar refractivity (Wildman–Crippen MR) is 65.3 cm³/mol. The molecule has 0 aliphatic rings. The van der Waals surface area contributed by atoms with E-state index in [-0.39, 0.29) is 5.56 Å². The van der Waals surface area contributed by atoms with E-state index in [4.69, 9.17) is 0 Å². The highest BCUT2D eigenvalue weighted by atomic mass is 16.6. The number of hydrogen-bond acceptors (Lipinski definition) is 6. The predicted octanol–water partition coefficient (Wildman–Crippen LogP) is -0.0811. The largest absolute Gasteiger partial charge is 0.452 e. The van der Waals surface area contributed by atoms with Crippen LogP contribution in [0.25, 0.3) is 0 Å². The molecule has 0 saturated carbocycles. The van der Waals surface area contributed by atoms with Crippen molar-refractivity contribution in [3.05, 3.63) is 39.9 Å². The number of hydrogen-bond donors (Lipinski definition) is 2. The van der Waals surface area contributed by atoms with Gasteiger partial charge in [-0.15, -0.1) is 0 Å². The smallest absolute Gasteiger partial charge is 0.345 e. The zero-order valence-electron chi connectivity index (χ0n) is 10.4. The standard InChI is InChI=1S/C11H11N3O6/c1-7(15)12-13-10(16)6-20-11(17)8-4-2-3-5-9(8)14(18)19/h2-5H,6H2,1H3,(H,12,15)(H,13,16). The Labute approximate surface area is 113 Å². The highest BCUT2D eigenvalue weighted by Gasteiger charge is 2.21. The van der Waals surface area contributed by atoms with Gasteiger partial charge in [0.25, 0.3) is 11.6 Å². The summed E-state index contributed by atoms with van der Waals surface area (Å²) in [4.78, 5) is 43.3. The van der Waals surface area contributed by atoms with Crippen molar-refractivity contribution in [1.82, 2.24) is 10.9 Å². The molecule has 1 aromatic carbocycles. The van der Waals surface area contributed by atoms with Crippen molar-refractivity contribution in [2.45, 2.75) is 6.92 Å². The summed E-state index contributed by atoms with van der Waals surface area (Å²) >= 11 is 0. The van der Waals surface area contributed by atoms with Crippen LogP contribution in [-0.4, -0.2) is 29.3 Å². The Balaban J connectivity index is 2.62. The van der Waals surface area contributed by atoms with Crippen molar-refractivity contribution in [2.24, 2.45) is 0 Å². The van der Waals surface area contributed by atoms with Gasteiger partial charge in [-0.1, -0.05) is 12.1 Å². The number of carbonyl (C=O) groups is 3. The zero-order valence-corrected chi connectivity index (χ0v) is 10.4. The number of carbonyl (C=O) groups excluding carboxylic acids is 3. The molecule has 0 fully saturated rings. The fraction of sp³-hybridized carbons (Fsp3) is 0.182. The summed E-state index contributed by atoms with van der Waals surface area (Å²) in [6, 6.07) is 5.19. The first-order valence-corrected chi connectivity index (χ1v) is 5.37. The third-order valence-corrected chi connectivity index (χ3v) is 2.03. The van der Waals surface area contributed by atoms with Gasteiger partial charge in [-0.05, 0) is 6.07 Å². The lowest BCUT2D eigenvalue weighted by Crippen LogP contribution is -2.42. The second kappa shape index (κ2) is 6.83. The molecule has 106 valence electrons. The highest BCUT2D eigenvalue weighted by molar-refractivity contribution is 5.95. The van der Waals surface area contributed by atoms with Crippen LogP contribution in [0.4, 0.5) is 5.69 Å². The molecule has 0 aromatic heterocycles. The fourth-order valence-corrected chi connectivity index (χ4v) is 1.21. The summed E-state index contributed by atoms with van der Waals surface area (Å²) in [5.41, 5.74) is 3.30. The van der Waals surface area contributed by atoms with E-state index >= 15 is 0 Å². The van der Waals surface area contributed by atoms with Crippen LogP contribution in [0.5, 0.6) is 0 Å². The maximum absolute atomic E-state index is 11.6. The number of rotatable bonds is 4.